The molecule has 46 valence electrons. The molecule has 0 N–H and O–H groups in total. The summed E-state index contributed by atoms with van der Waals surface area (Å²) in [6.07, 6.45) is 3.46. The molecule has 0 spiro atoms. The first-order valence-electron chi connectivity index (χ1n) is 2.49. The lowest BCUT2D eigenvalue weighted by Gasteiger charge is -1.91. The predicted octanol–water partition coefficient (Wildman–Crippen LogP) is 2.06. The highest BCUT2D eigenvalue weighted by atomic mass is 19.3. The predicted molar refractivity (Wildman–Crippen MR) is 28.7 cm³/mol. The summed E-state index contributed by atoms with van der Waals surface area (Å²) < 4.78 is 22.6. The van der Waals surface area contributed by atoms with E-state index in [0.29, 0.717) is 12.8 Å². The van der Waals surface area contributed by atoms with Crippen LogP contribution < -0.4 is 0 Å². The van der Waals surface area contributed by atoms with Crippen molar-refractivity contribution in [1.82, 2.24) is 0 Å². The lowest BCUT2D eigenvalue weighted by molar-refractivity contribution is 0.135. The Morgan fingerprint density at radius 2 is 2.12 bits per heavy atom. The molecule has 0 aromatic carbocycles. The molecule has 0 nitrogen and oxygen atoms in total. The van der Waals surface area contributed by atoms with Gasteiger partial charge in [0.2, 0.25) is 6.43 Å². The van der Waals surface area contributed by atoms with Crippen LogP contribution in [0.5, 0.6) is 0 Å². The molecule has 0 rings (SSSR count). The van der Waals surface area contributed by atoms with E-state index in [9.17, 15) is 8.78 Å². The number of rotatable bonds is 3. The molecule has 0 saturated carbocycles. The Morgan fingerprint density at radius 1 is 1.50 bits per heavy atom. The van der Waals surface area contributed by atoms with Gasteiger partial charge in [0.1, 0.15) is 0 Å². The summed E-state index contributed by atoms with van der Waals surface area (Å²) in [5, 5.41) is 0. The SMILES string of the molecule is C#CCCCC(F)F. The molecule has 0 bridgehead atoms. The minimum atomic E-state index is -2.19. The van der Waals surface area contributed by atoms with Crippen LogP contribution in [0.15, 0.2) is 0 Å². The van der Waals surface area contributed by atoms with E-state index >= 15 is 0 Å². The molecular formula is C6H8F2. The standard InChI is InChI=1S/C6H8F2/c1-2-3-4-5-6(7)8/h1,6H,3-5H2. The smallest absolute Gasteiger partial charge is 0.211 e. The van der Waals surface area contributed by atoms with Crippen molar-refractivity contribution < 1.29 is 8.78 Å². The van der Waals surface area contributed by atoms with Gasteiger partial charge in [0.25, 0.3) is 0 Å². The number of terminal acetylenes is 1. The highest BCUT2D eigenvalue weighted by Gasteiger charge is 1.98. The van der Waals surface area contributed by atoms with Crippen LogP contribution in [-0.2, 0) is 0 Å². The van der Waals surface area contributed by atoms with E-state index in [2.05, 4.69) is 5.92 Å². The fourth-order valence-corrected chi connectivity index (χ4v) is 0.358. The van der Waals surface area contributed by atoms with Crippen molar-refractivity contribution in [2.45, 2.75) is 25.7 Å². The summed E-state index contributed by atoms with van der Waals surface area (Å²) in [6, 6.07) is 0. The van der Waals surface area contributed by atoms with E-state index in [1.54, 1.807) is 0 Å². The number of hydrogen-bond donors (Lipinski definition) is 0. The fourth-order valence-electron chi connectivity index (χ4n) is 0.358. The van der Waals surface area contributed by atoms with Gasteiger partial charge < -0.3 is 0 Å². The number of unbranched alkanes of at least 4 members (excludes halogenated alkanes) is 1. The van der Waals surface area contributed by atoms with Crippen LogP contribution in [-0.4, -0.2) is 6.43 Å². The van der Waals surface area contributed by atoms with Gasteiger partial charge in [0.05, 0.1) is 0 Å². The second-order valence-corrected chi connectivity index (χ2v) is 1.49. The largest absolute Gasteiger partial charge is 0.238 e. The van der Waals surface area contributed by atoms with Crippen molar-refractivity contribution in [3.63, 3.8) is 0 Å². The molecule has 0 aromatic rings. The number of alkyl halides is 2. The molecule has 0 atom stereocenters. The van der Waals surface area contributed by atoms with Crippen LogP contribution in [0.3, 0.4) is 0 Å². The molecule has 0 aliphatic rings. The van der Waals surface area contributed by atoms with E-state index in [1.165, 1.54) is 0 Å². The Bertz CT molecular complexity index is 81.0. The van der Waals surface area contributed by atoms with Gasteiger partial charge in [-0.1, -0.05) is 0 Å². The van der Waals surface area contributed by atoms with Crippen molar-refractivity contribution in [3.8, 4) is 12.3 Å². The lowest BCUT2D eigenvalue weighted by Crippen LogP contribution is -1.87. The van der Waals surface area contributed by atoms with Gasteiger partial charge >= 0.3 is 0 Å². The summed E-state index contributed by atoms with van der Waals surface area (Å²) in [4.78, 5) is 0. The minimum absolute atomic E-state index is 0.0653. The maximum Gasteiger partial charge on any atom is 0.238 e. The average molecular weight is 118 g/mol. The van der Waals surface area contributed by atoms with Gasteiger partial charge in [0.15, 0.2) is 0 Å². The average Bonchev–Trinajstić information content (AvgIpc) is 1.66. The third-order valence-corrected chi connectivity index (χ3v) is 0.743. The van der Waals surface area contributed by atoms with Crippen LogP contribution >= 0.6 is 0 Å². The molecule has 0 aliphatic carbocycles. The number of hydrogen-bond acceptors (Lipinski definition) is 0. The van der Waals surface area contributed by atoms with E-state index < -0.39 is 6.43 Å². The topological polar surface area (TPSA) is 0 Å². The van der Waals surface area contributed by atoms with Crippen molar-refractivity contribution in [2.75, 3.05) is 0 Å². The zero-order valence-electron chi connectivity index (χ0n) is 4.53. The Balaban J connectivity index is 2.85. The van der Waals surface area contributed by atoms with Gasteiger partial charge in [-0.15, -0.1) is 12.3 Å². The van der Waals surface area contributed by atoms with Crippen LogP contribution in [0, 0.1) is 12.3 Å². The summed E-state index contributed by atoms with van der Waals surface area (Å²) in [6.45, 7) is 0. The molecule has 8 heavy (non-hydrogen) atoms. The normalized spacial score (nSPS) is 9.25. The van der Waals surface area contributed by atoms with Crippen LogP contribution in [0.4, 0.5) is 8.78 Å². The summed E-state index contributed by atoms with van der Waals surface area (Å²) in [5.74, 6) is 2.29. The first-order valence-corrected chi connectivity index (χ1v) is 2.49. The van der Waals surface area contributed by atoms with E-state index in [-0.39, 0.29) is 6.42 Å². The summed E-state index contributed by atoms with van der Waals surface area (Å²) in [7, 11) is 0. The van der Waals surface area contributed by atoms with Gasteiger partial charge in [-0.2, -0.15) is 0 Å². The fraction of sp³-hybridized carbons (Fsp3) is 0.667. The van der Waals surface area contributed by atoms with Crippen LogP contribution in [0.25, 0.3) is 0 Å². The maximum absolute atomic E-state index is 11.3. The van der Waals surface area contributed by atoms with E-state index in [0.717, 1.165) is 0 Å². The first kappa shape index (κ1) is 7.42. The maximum atomic E-state index is 11.3. The molecule has 0 aromatic heterocycles. The van der Waals surface area contributed by atoms with Gasteiger partial charge in [-0.3, -0.25) is 0 Å². The molecular weight excluding hydrogens is 110 g/mol. The summed E-state index contributed by atoms with van der Waals surface area (Å²) >= 11 is 0. The monoisotopic (exact) mass is 118 g/mol. The molecule has 0 radical (unpaired) electrons. The van der Waals surface area contributed by atoms with Crippen molar-refractivity contribution in [1.29, 1.82) is 0 Å². The van der Waals surface area contributed by atoms with Crippen LogP contribution in [0.1, 0.15) is 19.3 Å². The highest BCUT2D eigenvalue weighted by Crippen LogP contribution is 2.03. The van der Waals surface area contributed by atoms with Gasteiger partial charge in [0, 0.05) is 12.8 Å². The summed E-state index contributed by atoms with van der Waals surface area (Å²) in [5.41, 5.74) is 0. The van der Waals surface area contributed by atoms with Gasteiger partial charge in [-0.05, 0) is 6.42 Å². The Hall–Kier alpha value is -0.580. The molecule has 0 amide bonds. The molecule has 0 heterocycles. The second-order valence-electron chi connectivity index (χ2n) is 1.49. The Kier molecular flexibility index (Phi) is 4.24. The van der Waals surface area contributed by atoms with Crippen molar-refractivity contribution in [3.05, 3.63) is 0 Å². The Labute approximate surface area is 47.9 Å². The third kappa shape index (κ3) is 5.42. The zero-order chi connectivity index (χ0) is 6.41. The molecule has 0 saturated heterocycles. The Morgan fingerprint density at radius 3 is 2.50 bits per heavy atom. The molecule has 0 aliphatic heterocycles. The zero-order valence-corrected chi connectivity index (χ0v) is 4.53. The third-order valence-electron chi connectivity index (χ3n) is 0.743. The molecule has 2 heteroatoms. The highest BCUT2D eigenvalue weighted by molar-refractivity contribution is 4.82. The van der Waals surface area contributed by atoms with Crippen LogP contribution in [0.2, 0.25) is 0 Å². The quantitative estimate of drug-likeness (QED) is 0.393. The van der Waals surface area contributed by atoms with E-state index in [1.807, 2.05) is 0 Å². The number of halogens is 2. The lowest BCUT2D eigenvalue weighted by atomic mass is 10.2. The van der Waals surface area contributed by atoms with E-state index in [4.69, 9.17) is 6.42 Å². The molecule has 0 fully saturated rings. The second kappa shape index (κ2) is 4.58. The van der Waals surface area contributed by atoms with Crippen molar-refractivity contribution in [2.24, 2.45) is 0 Å². The minimum Gasteiger partial charge on any atom is -0.211 e. The van der Waals surface area contributed by atoms with Gasteiger partial charge in [-0.25, -0.2) is 8.78 Å². The first-order chi connectivity index (χ1) is 3.77. The van der Waals surface area contributed by atoms with Crippen molar-refractivity contribution >= 4 is 0 Å². The molecule has 0 unspecified atom stereocenters.